The van der Waals surface area contributed by atoms with Gasteiger partial charge in [0.25, 0.3) is 0 Å². The molecule has 3 N–H and O–H groups in total. The van der Waals surface area contributed by atoms with Gasteiger partial charge in [-0.2, -0.15) is 0 Å². The first-order chi connectivity index (χ1) is 6.24. The molecule has 0 fully saturated rings. The second kappa shape index (κ2) is 5.33. The van der Waals surface area contributed by atoms with Crippen LogP contribution in [-0.4, -0.2) is 23.4 Å². The Hall–Kier alpha value is -0.430. The molecule has 72 valence electrons. The van der Waals surface area contributed by atoms with Crippen molar-refractivity contribution in [2.45, 2.75) is 18.6 Å². The van der Waals surface area contributed by atoms with Gasteiger partial charge >= 0.3 is 0 Å². The Balaban J connectivity index is 2.50. The molecule has 0 bridgehead atoms. The summed E-state index contributed by atoms with van der Waals surface area (Å²) in [4.78, 5) is 0. The van der Waals surface area contributed by atoms with Gasteiger partial charge in [0.05, 0.1) is 6.10 Å². The van der Waals surface area contributed by atoms with Crippen LogP contribution in [0.2, 0.25) is 0 Å². The average molecular weight is 197 g/mol. The monoisotopic (exact) mass is 197 g/mol. The predicted octanol–water partition coefficient (Wildman–Crippen LogP) is 0.792. The van der Waals surface area contributed by atoms with Crippen LogP contribution < -0.4 is 5.73 Å². The van der Waals surface area contributed by atoms with Crippen molar-refractivity contribution in [3.05, 3.63) is 35.9 Å². The summed E-state index contributed by atoms with van der Waals surface area (Å²) in [5.74, 6) is 0. The summed E-state index contributed by atoms with van der Waals surface area (Å²) in [5, 5.41) is 9.44. The van der Waals surface area contributed by atoms with Crippen LogP contribution in [0.1, 0.15) is 5.56 Å². The number of hydrogen-bond acceptors (Lipinski definition) is 2. The van der Waals surface area contributed by atoms with Crippen LogP contribution in [0.25, 0.3) is 0 Å². The number of nitrogens with two attached hydrogens (primary N) is 1. The zero-order valence-electron chi connectivity index (χ0n) is 7.56. The van der Waals surface area contributed by atoms with Gasteiger partial charge in [0.15, 0.2) is 0 Å². The van der Waals surface area contributed by atoms with E-state index < -0.39 is 6.10 Å². The van der Waals surface area contributed by atoms with Gasteiger partial charge in [0.1, 0.15) is 0 Å². The number of rotatable bonds is 4. The molecule has 3 heteroatoms. The quantitative estimate of drug-likeness (QED) is 0.701. The lowest BCUT2D eigenvalue weighted by molar-refractivity contribution is 0.167. The van der Waals surface area contributed by atoms with Gasteiger partial charge in [-0.25, -0.2) is 0 Å². The third-order valence-electron chi connectivity index (χ3n) is 2.05. The number of aliphatic hydroxyl groups is 1. The van der Waals surface area contributed by atoms with Crippen LogP contribution in [-0.2, 0) is 6.42 Å². The van der Waals surface area contributed by atoms with E-state index in [9.17, 15) is 5.11 Å². The molecular weight excluding hydrogens is 181 g/mol. The highest BCUT2D eigenvalue weighted by Gasteiger charge is 2.12. The lowest BCUT2D eigenvalue weighted by atomic mass is 10.0. The number of hydrogen-bond donors (Lipinski definition) is 2. The molecule has 0 radical (unpaired) electrons. The molecule has 1 aromatic rings. The Morgan fingerprint density at radius 2 is 1.92 bits per heavy atom. The fraction of sp³-hybridized carbons (Fsp3) is 0.400. The Kier molecular flexibility index (Phi) is 4.37. The van der Waals surface area contributed by atoms with Crippen LogP contribution in [0, 0.1) is 0 Å². The Morgan fingerprint density at radius 1 is 1.31 bits per heavy atom. The largest absolute Gasteiger partial charge is 0.391 e. The summed E-state index contributed by atoms with van der Waals surface area (Å²) in [6.45, 7) is 0. The first kappa shape index (κ1) is 10.6. The van der Waals surface area contributed by atoms with Gasteiger partial charge in [-0.1, -0.05) is 30.3 Å². The van der Waals surface area contributed by atoms with Crippen molar-refractivity contribution in [2.24, 2.45) is 5.73 Å². The lowest BCUT2D eigenvalue weighted by Crippen LogP contribution is -2.37. The van der Waals surface area contributed by atoms with E-state index in [1.165, 1.54) is 5.56 Å². The highest BCUT2D eigenvalue weighted by Crippen LogP contribution is 2.05. The van der Waals surface area contributed by atoms with E-state index in [2.05, 4.69) is 9.24 Å². The maximum atomic E-state index is 9.44. The Labute approximate surface area is 81.4 Å². The third kappa shape index (κ3) is 3.43. The second-order valence-corrected chi connectivity index (χ2v) is 3.63. The van der Waals surface area contributed by atoms with Gasteiger partial charge in [0, 0.05) is 6.04 Å². The van der Waals surface area contributed by atoms with Gasteiger partial charge in [0.2, 0.25) is 0 Å². The second-order valence-electron chi connectivity index (χ2n) is 3.16. The van der Waals surface area contributed by atoms with E-state index in [1.54, 1.807) is 0 Å². The van der Waals surface area contributed by atoms with Crippen molar-refractivity contribution in [1.29, 1.82) is 0 Å². The zero-order chi connectivity index (χ0) is 9.68. The summed E-state index contributed by atoms with van der Waals surface area (Å²) >= 11 is 0. The number of benzene rings is 1. The molecule has 0 heterocycles. The van der Waals surface area contributed by atoms with Crippen LogP contribution in [0.4, 0.5) is 0 Å². The van der Waals surface area contributed by atoms with E-state index in [0.717, 1.165) is 6.42 Å². The molecule has 0 aliphatic rings. The molecule has 3 atom stereocenters. The van der Waals surface area contributed by atoms with Crippen molar-refractivity contribution in [3.63, 3.8) is 0 Å². The molecule has 1 rings (SSSR count). The topological polar surface area (TPSA) is 46.2 Å². The van der Waals surface area contributed by atoms with Crippen molar-refractivity contribution >= 4 is 9.24 Å². The minimum atomic E-state index is -0.426. The van der Waals surface area contributed by atoms with Crippen molar-refractivity contribution < 1.29 is 5.11 Å². The molecule has 0 saturated carbocycles. The maximum absolute atomic E-state index is 9.44. The summed E-state index contributed by atoms with van der Waals surface area (Å²) in [7, 11) is 2.50. The maximum Gasteiger partial charge on any atom is 0.0728 e. The standard InChI is InChI=1S/C10H16NOP/c11-9(10(12)7-13)6-8-4-2-1-3-5-8/h1-5,9-10,12H,6-7,11,13H2. The molecule has 0 aromatic heterocycles. The van der Waals surface area contributed by atoms with Gasteiger partial charge in [-0.05, 0) is 18.1 Å². The fourth-order valence-corrected chi connectivity index (χ4v) is 1.55. The van der Waals surface area contributed by atoms with Crippen molar-refractivity contribution in [2.75, 3.05) is 6.16 Å². The molecule has 0 saturated heterocycles. The van der Waals surface area contributed by atoms with Crippen LogP contribution in [0.15, 0.2) is 30.3 Å². The molecule has 1 aromatic carbocycles. The minimum absolute atomic E-state index is 0.167. The molecule has 2 nitrogen and oxygen atoms in total. The van der Waals surface area contributed by atoms with Gasteiger partial charge in [-0.3, -0.25) is 0 Å². The summed E-state index contributed by atoms with van der Waals surface area (Å²) in [6.07, 6.45) is 0.940. The highest BCUT2D eigenvalue weighted by atomic mass is 31.0. The molecule has 0 amide bonds. The van der Waals surface area contributed by atoms with E-state index in [1.807, 2.05) is 30.3 Å². The smallest absolute Gasteiger partial charge is 0.0728 e. The summed E-state index contributed by atoms with van der Waals surface area (Å²) < 4.78 is 0. The molecule has 0 aliphatic carbocycles. The lowest BCUT2D eigenvalue weighted by Gasteiger charge is -2.16. The Bertz CT molecular complexity index is 240. The van der Waals surface area contributed by atoms with Gasteiger partial charge < -0.3 is 10.8 Å². The van der Waals surface area contributed by atoms with Crippen molar-refractivity contribution in [1.82, 2.24) is 0 Å². The zero-order valence-corrected chi connectivity index (χ0v) is 8.71. The van der Waals surface area contributed by atoms with Gasteiger partial charge in [-0.15, -0.1) is 9.24 Å². The molecule has 13 heavy (non-hydrogen) atoms. The molecular formula is C10H16NOP. The van der Waals surface area contributed by atoms with E-state index in [0.29, 0.717) is 6.16 Å². The van der Waals surface area contributed by atoms with E-state index >= 15 is 0 Å². The number of aliphatic hydroxyl groups excluding tert-OH is 1. The molecule has 0 spiro atoms. The van der Waals surface area contributed by atoms with Crippen LogP contribution in [0.3, 0.4) is 0 Å². The Morgan fingerprint density at radius 3 is 2.46 bits per heavy atom. The minimum Gasteiger partial charge on any atom is -0.391 e. The molecule has 3 unspecified atom stereocenters. The first-order valence-corrected chi connectivity index (χ1v) is 5.23. The summed E-state index contributed by atoms with van der Waals surface area (Å²) in [6, 6.07) is 9.82. The molecule has 0 aliphatic heterocycles. The predicted molar refractivity (Wildman–Crippen MR) is 58.7 cm³/mol. The van der Waals surface area contributed by atoms with E-state index in [-0.39, 0.29) is 6.04 Å². The fourth-order valence-electron chi connectivity index (χ4n) is 1.20. The SMILES string of the molecule is NC(Cc1ccccc1)C(O)CP. The average Bonchev–Trinajstić information content (AvgIpc) is 2.18. The normalized spacial score (nSPS) is 15.3. The van der Waals surface area contributed by atoms with Crippen LogP contribution >= 0.6 is 9.24 Å². The third-order valence-corrected chi connectivity index (χ3v) is 2.53. The van der Waals surface area contributed by atoms with E-state index in [4.69, 9.17) is 5.73 Å². The van der Waals surface area contributed by atoms with Crippen molar-refractivity contribution in [3.8, 4) is 0 Å². The first-order valence-electron chi connectivity index (χ1n) is 4.41. The summed E-state index contributed by atoms with van der Waals surface area (Å²) in [5.41, 5.74) is 6.97. The van der Waals surface area contributed by atoms with Crippen LogP contribution in [0.5, 0.6) is 0 Å². The highest BCUT2D eigenvalue weighted by molar-refractivity contribution is 7.16.